The largest absolute Gasteiger partial charge is 0.494 e. The molecule has 0 heterocycles. The first-order valence-electron chi connectivity index (χ1n) is 8.86. The fourth-order valence-corrected chi connectivity index (χ4v) is 2.68. The first-order chi connectivity index (χ1) is 11.0. The number of esters is 1. The lowest BCUT2D eigenvalue weighted by molar-refractivity contribution is -0.145. The van der Waals surface area contributed by atoms with E-state index in [1.807, 2.05) is 6.92 Å². The number of rotatable bonds is 10. The predicted octanol–water partition coefficient (Wildman–Crippen LogP) is 4.78. The van der Waals surface area contributed by atoms with Gasteiger partial charge in [-0.1, -0.05) is 38.8 Å². The van der Waals surface area contributed by atoms with E-state index in [1.54, 1.807) is 0 Å². The molecule has 0 radical (unpaired) electrons. The van der Waals surface area contributed by atoms with Gasteiger partial charge >= 0.3 is 5.97 Å². The molecular formula is C20H30O3. The molecule has 1 aromatic carbocycles. The molecule has 1 aliphatic carbocycles. The number of hydrogen-bond acceptors (Lipinski definition) is 3. The third-order valence-corrected chi connectivity index (χ3v) is 4.43. The van der Waals surface area contributed by atoms with Gasteiger partial charge in [0, 0.05) is 0 Å². The van der Waals surface area contributed by atoms with Crippen LogP contribution in [-0.4, -0.2) is 19.2 Å². The molecule has 23 heavy (non-hydrogen) atoms. The Kier molecular flexibility index (Phi) is 6.49. The minimum absolute atomic E-state index is 0.0360. The van der Waals surface area contributed by atoms with Gasteiger partial charge in [-0.05, 0) is 55.2 Å². The standard InChI is InChI=1S/C20H30O3/c1-4-22-19(21)15-20(2,3)13-11-16-7-9-18(10-8-16)23-14-12-17-5-6-17/h7-10,17H,4-6,11-15H2,1-3H3. The monoisotopic (exact) mass is 318 g/mol. The molecule has 0 aliphatic heterocycles. The highest BCUT2D eigenvalue weighted by molar-refractivity contribution is 5.70. The molecule has 1 aliphatic rings. The number of carbonyl (C=O) groups excluding carboxylic acids is 1. The van der Waals surface area contributed by atoms with Crippen molar-refractivity contribution in [2.45, 2.75) is 59.3 Å². The van der Waals surface area contributed by atoms with Crippen molar-refractivity contribution in [3.05, 3.63) is 29.8 Å². The van der Waals surface area contributed by atoms with E-state index in [1.165, 1.54) is 24.8 Å². The average Bonchev–Trinajstić information content (AvgIpc) is 3.30. The molecule has 1 aromatic rings. The normalized spacial score (nSPS) is 14.6. The lowest BCUT2D eigenvalue weighted by Gasteiger charge is -2.23. The van der Waals surface area contributed by atoms with Crippen molar-refractivity contribution in [2.75, 3.05) is 13.2 Å². The molecule has 0 bridgehead atoms. The van der Waals surface area contributed by atoms with Crippen molar-refractivity contribution in [1.29, 1.82) is 0 Å². The van der Waals surface area contributed by atoms with E-state index in [9.17, 15) is 4.79 Å². The Hall–Kier alpha value is -1.51. The third-order valence-electron chi connectivity index (χ3n) is 4.43. The average molecular weight is 318 g/mol. The smallest absolute Gasteiger partial charge is 0.306 e. The van der Waals surface area contributed by atoms with Crippen LogP contribution < -0.4 is 4.74 Å². The maximum absolute atomic E-state index is 11.6. The summed E-state index contributed by atoms with van der Waals surface area (Å²) in [4.78, 5) is 11.6. The van der Waals surface area contributed by atoms with Crippen molar-refractivity contribution in [2.24, 2.45) is 11.3 Å². The molecule has 0 spiro atoms. The Morgan fingerprint density at radius 2 is 1.91 bits per heavy atom. The maximum atomic E-state index is 11.6. The summed E-state index contributed by atoms with van der Waals surface area (Å²) in [5.74, 6) is 1.77. The molecule has 3 heteroatoms. The number of carbonyl (C=O) groups is 1. The summed E-state index contributed by atoms with van der Waals surface area (Å²) in [6, 6.07) is 8.38. The second-order valence-electron chi connectivity index (χ2n) is 7.37. The van der Waals surface area contributed by atoms with E-state index in [2.05, 4.69) is 38.1 Å². The molecule has 0 unspecified atom stereocenters. The molecule has 2 rings (SSSR count). The van der Waals surface area contributed by atoms with Crippen LogP contribution in [0.4, 0.5) is 0 Å². The Labute approximate surface area is 140 Å². The van der Waals surface area contributed by atoms with Crippen LogP contribution in [0.15, 0.2) is 24.3 Å². The van der Waals surface area contributed by atoms with E-state index in [0.29, 0.717) is 13.0 Å². The van der Waals surface area contributed by atoms with E-state index < -0.39 is 0 Å². The number of hydrogen-bond donors (Lipinski definition) is 0. The second-order valence-corrected chi connectivity index (χ2v) is 7.37. The predicted molar refractivity (Wildman–Crippen MR) is 92.6 cm³/mol. The highest BCUT2D eigenvalue weighted by Crippen LogP contribution is 2.32. The van der Waals surface area contributed by atoms with E-state index >= 15 is 0 Å². The van der Waals surface area contributed by atoms with Gasteiger partial charge in [0.15, 0.2) is 0 Å². The van der Waals surface area contributed by atoms with Crippen molar-refractivity contribution < 1.29 is 14.3 Å². The summed E-state index contributed by atoms with van der Waals surface area (Å²) in [5, 5.41) is 0. The SMILES string of the molecule is CCOC(=O)CC(C)(C)CCc1ccc(OCCC2CC2)cc1. The van der Waals surface area contributed by atoms with Gasteiger partial charge in [-0.25, -0.2) is 0 Å². The minimum atomic E-state index is -0.100. The summed E-state index contributed by atoms with van der Waals surface area (Å²) in [5.41, 5.74) is 1.25. The molecule has 0 atom stereocenters. The van der Waals surface area contributed by atoms with Crippen LogP contribution in [0, 0.1) is 11.3 Å². The Morgan fingerprint density at radius 3 is 2.52 bits per heavy atom. The maximum Gasteiger partial charge on any atom is 0.306 e. The summed E-state index contributed by atoms with van der Waals surface area (Å²) in [6.45, 7) is 7.38. The van der Waals surface area contributed by atoms with Crippen molar-refractivity contribution in [3.63, 3.8) is 0 Å². The van der Waals surface area contributed by atoms with Gasteiger partial charge in [0.25, 0.3) is 0 Å². The van der Waals surface area contributed by atoms with E-state index in [4.69, 9.17) is 9.47 Å². The molecule has 1 saturated carbocycles. The Morgan fingerprint density at radius 1 is 1.22 bits per heavy atom. The highest BCUT2D eigenvalue weighted by Gasteiger charge is 2.23. The molecule has 1 fully saturated rings. The van der Waals surface area contributed by atoms with Crippen LogP contribution in [0.3, 0.4) is 0 Å². The van der Waals surface area contributed by atoms with Crippen LogP contribution in [0.5, 0.6) is 5.75 Å². The third kappa shape index (κ3) is 7.06. The first kappa shape index (κ1) is 17.8. The van der Waals surface area contributed by atoms with Gasteiger partial charge in [0.2, 0.25) is 0 Å². The topological polar surface area (TPSA) is 35.5 Å². The van der Waals surface area contributed by atoms with Gasteiger partial charge in [-0.3, -0.25) is 4.79 Å². The molecule has 0 aromatic heterocycles. The van der Waals surface area contributed by atoms with Gasteiger partial charge in [-0.15, -0.1) is 0 Å². The van der Waals surface area contributed by atoms with Crippen molar-refractivity contribution in [1.82, 2.24) is 0 Å². The zero-order valence-electron chi connectivity index (χ0n) is 14.8. The fraction of sp³-hybridized carbons (Fsp3) is 0.650. The Balaban J connectivity index is 1.72. The quantitative estimate of drug-likeness (QED) is 0.583. The molecular weight excluding hydrogens is 288 g/mol. The zero-order chi connectivity index (χ0) is 16.7. The lowest BCUT2D eigenvalue weighted by Crippen LogP contribution is -2.19. The molecule has 3 nitrogen and oxygen atoms in total. The summed E-state index contributed by atoms with van der Waals surface area (Å²) >= 11 is 0. The second kappa shape index (κ2) is 8.37. The summed E-state index contributed by atoms with van der Waals surface area (Å²) in [7, 11) is 0. The van der Waals surface area contributed by atoms with Gasteiger partial charge in [0.05, 0.1) is 19.6 Å². The summed E-state index contributed by atoms with van der Waals surface area (Å²) in [6.07, 6.45) is 6.35. The minimum Gasteiger partial charge on any atom is -0.494 e. The number of benzene rings is 1. The molecule has 128 valence electrons. The van der Waals surface area contributed by atoms with Crippen molar-refractivity contribution in [3.8, 4) is 5.75 Å². The van der Waals surface area contributed by atoms with Crippen LogP contribution in [0.25, 0.3) is 0 Å². The molecule has 0 saturated heterocycles. The van der Waals surface area contributed by atoms with Crippen LogP contribution in [0.1, 0.15) is 58.4 Å². The van der Waals surface area contributed by atoms with Gasteiger partial charge < -0.3 is 9.47 Å². The van der Waals surface area contributed by atoms with E-state index in [-0.39, 0.29) is 11.4 Å². The fourth-order valence-electron chi connectivity index (χ4n) is 2.68. The van der Waals surface area contributed by atoms with Crippen LogP contribution in [-0.2, 0) is 16.0 Å². The van der Waals surface area contributed by atoms with Gasteiger partial charge in [-0.2, -0.15) is 0 Å². The molecule has 0 amide bonds. The first-order valence-corrected chi connectivity index (χ1v) is 8.86. The van der Waals surface area contributed by atoms with Crippen molar-refractivity contribution >= 4 is 5.97 Å². The van der Waals surface area contributed by atoms with E-state index in [0.717, 1.165) is 31.1 Å². The summed E-state index contributed by atoms with van der Waals surface area (Å²) < 4.78 is 10.8. The van der Waals surface area contributed by atoms with Gasteiger partial charge in [0.1, 0.15) is 5.75 Å². The molecule has 0 N–H and O–H groups in total. The number of ether oxygens (including phenoxy) is 2. The highest BCUT2D eigenvalue weighted by atomic mass is 16.5. The number of aryl methyl sites for hydroxylation is 1. The zero-order valence-corrected chi connectivity index (χ0v) is 14.8. The lowest BCUT2D eigenvalue weighted by atomic mass is 9.83. The van der Waals surface area contributed by atoms with Crippen LogP contribution in [0.2, 0.25) is 0 Å². The Bertz CT molecular complexity index is 486. The van der Waals surface area contributed by atoms with Crippen LogP contribution >= 0.6 is 0 Å².